The van der Waals surface area contributed by atoms with Crippen LogP contribution in [0.5, 0.6) is 0 Å². The van der Waals surface area contributed by atoms with E-state index >= 15 is 0 Å². The Morgan fingerprint density at radius 1 is 1.10 bits per heavy atom. The highest BCUT2D eigenvalue weighted by Crippen LogP contribution is 2.30. The van der Waals surface area contributed by atoms with Crippen molar-refractivity contribution in [3.05, 3.63) is 59.5 Å². The van der Waals surface area contributed by atoms with Crippen molar-refractivity contribution in [2.75, 3.05) is 0 Å². The Morgan fingerprint density at radius 3 is 2.62 bits per heavy atom. The number of primary amides is 1. The number of carbonyl (C=O) groups excluding carboxylic acids is 1. The molecule has 0 saturated heterocycles. The summed E-state index contributed by atoms with van der Waals surface area (Å²) < 4.78 is 0. The first-order valence-corrected chi connectivity index (χ1v) is 6.70. The molecule has 21 heavy (non-hydrogen) atoms. The van der Waals surface area contributed by atoms with Crippen LogP contribution in [0, 0.1) is 13.8 Å². The van der Waals surface area contributed by atoms with Crippen LogP contribution in [0.2, 0.25) is 0 Å². The Morgan fingerprint density at radius 2 is 1.86 bits per heavy atom. The number of rotatable bonds is 2. The molecule has 0 unspecified atom stereocenters. The van der Waals surface area contributed by atoms with Crippen molar-refractivity contribution in [2.24, 2.45) is 5.73 Å². The van der Waals surface area contributed by atoms with Crippen molar-refractivity contribution in [3.63, 3.8) is 0 Å². The van der Waals surface area contributed by atoms with Crippen molar-refractivity contribution in [1.29, 1.82) is 0 Å². The van der Waals surface area contributed by atoms with Gasteiger partial charge in [-0.15, -0.1) is 0 Å². The van der Waals surface area contributed by atoms with Crippen LogP contribution in [0.25, 0.3) is 22.0 Å². The van der Waals surface area contributed by atoms with Crippen LogP contribution in [0.4, 0.5) is 0 Å². The maximum atomic E-state index is 11.7. The van der Waals surface area contributed by atoms with Gasteiger partial charge in [0.2, 0.25) is 5.91 Å². The second-order valence-electron chi connectivity index (χ2n) is 5.00. The van der Waals surface area contributed by atoms with Crippen molar-refractivity contribution < 1.29 is 4.79 Å². The summed E-state index contributed by atoms with van der Waals surface area (Å²) in [4.78, 5) is 20.6. The molecule has 104 valence electrons. The summed E-state index contributed by atoms with van der Waals surface area (Å²) in [6.07, 6.45) is 1.60. The minimum atomic E-state index is -0.456. The van der Waals surface area contributed by atoms with Gasteiger partial charge in [0.25, 0.3) is 0 Å². The van der Waals surface area contributed by atoms with E-state index in [-0.39, 0.29) is 0 Å². The largest absolute Gasteiger partial charge is 0.366 e. The summed E-state index contributed by atoms with van der Waals surface area (Å²) in [5.74, 6) is -0.456. The van der Waals surface area contributed by atoms with Gasteiger partial charge >= 0.3 is 0 Å². The minimum Gasteiger partial charge on any atom is -0.366 e. The maximum absolute atomic E-state index is 11.7. The molecule has 0 aliphatic heterocycles. The predicted molar refractivity (Wildman–Crippen MR) is 83.0 cm³/mol. The maximum Gasteiger partial charge on any atom is 0.249 e. The van der Waals surface area contributed by atoms with Gasteiger partial charge in [-0.2, -0.15) is 0 Å². The molecule has 0 aliphatic carbocycles. The highest BCUT2D eigenvalue weighted by Gasteiger charge is 2.16. The second kappa shape index (κ2) is 4.98. The summed E-state index contributed by atoms with van der Waals surface area (Å²) >= 11 is 0. The van der Waals surface area contributed by atoms with Crippen molar-refractivity contribution in [3.8, 4) is 11.1 Å². The third-order valence-corrected chi connectivity index (χ3v) is 3.59. The highest BCUT2D eigenvalue weighted by atomic mass is 16.1. The Bertz CT molecular complexity index is 856. The molecule has 4 heteroatoms. The normalized spacial score (nSPS) is 10.8. The predicted octanol–water partition coefficient (Wildman–Crippen LogP) is 3.01. The Hall–Kier alpha value is -2.75. The average molecular weight is 277 g/mol. The first-order valence-electron chi connectivity index (χ1n) is 6.70. The van der Waals surface area contributed by atoms with Gasteiger partial charge in [0.1, 0.15) is 0 Å². The molecule has 2 heterocycles. The number of pyridine rings is 2. The summed E-state index contributed by atoms with van der Waals surface area (Å²) in [5, 5.41) is 1.02. The average Bonchev–Trinajstić information content (AvgIpc) is 2.46. The Balaban J connectivity index is 2.35. The SMILES string of the molecule is Cc1nc2ccccc2cc1-c1c(C(N)=O)ccnc1C. The molecule has 0 saturated carbocycles. The van der Waals surface area contributed by atoms with Gasteiger partial charge in [-0.25, -0.2) is 0 Å². The first-order chi connectivity index (χ1) is 10.1. The van der Waals surface area contributed by atoms with Gasteiger partial charge in [0.15, 0.2) is 0 Å². The number of aryl methyl sites for hydroxylation is 2. The lowest BCUT2D eigenvalue weighted by atomic mass is 9.96. The molecular formula is C17H15N3O. The second-order valence-corrected chi connectivity index (χ2v) is 5.00. The fourth-order valence-corrected chi connectivity index (χ4v) is 2.58. The van der Waals surface area contributed by atoms with Crippen LogP contribution in [0.15, 0.2) is 42.6 Å². The van der Waals surface area contributed by atoms with Crippen LogP contribution in [-0.4, -0.2) is 15.9 Å². The van der Waals surface area contributed by atoms with Crippen LogP contribution >= 0.6 is 0 Å². The van der Waals surface area contributed by atoms with Gasteiger partial charge in [-0.3, -0.25) is 14.8 Å². The van der Waals surface area contributed by atoms with Gasteiger partial charge in [-0.1, -0.05) is 18.2 Å². The molecular weight excluding hydrogens is 262 g/mol. The lowest BCUT2D eigenvalue weighted by molar-refractivity contribution is 0.100. The van der Waals surface area contributed by atoms with Crippen LogP contribution in [0.1, 0.15) is 21.7 Å². The van der Waals surface area contributed by atoms with E-state index in [9.17, 15) is 4.79 Å². The Kier molecular flexibility index (Phi) is 3.14. The molecule has 0 fully saturated rings. The first kappa shape index (κ1) is 13.2. The van der Waals surface area contributed by atoms with E-state index in [1.165, 1.54) is 0 Å². The third-order valence-electron chi connectivity index (χ3n) is 3.59. The topological polar surface area (TPSA) is 68.9 Å². The molecule has 0 atom stereocenters. The van der Waals surface area contributed by atoms with E-state index < -0.39 is 5.91 Å². The van der Waals surface area contributed by atoms with Gasteiger partial charge < -0.3 is 5.73 Å². The van der Waals surface area contributed by atoms with E-state index in [2.05, 4.69) is 9.97 Å². The lowest BCUT2D eigenvalue weighted by Gasteiger charge is -2.13. The van der Waals surface area contributed by atoms with E-state index in [1.807, 2.05) is 44.2 Å². The molecule has 3 aromatic rings. The smallest absolute Gasteiger partial charge is 0.249 e. The number of hydrogen-bond acceptors (Lipinski definition) is 3. The van der Waals surface area contributed by atoms with Crippen LogP contribution in [0.3, 0.4) is 0 Å². The quantitative estimate of drug-likeness (QED) is 0.782. The van der Waals surface area contributed by atoms with Crippen LogP contribution in [-0.2, 0) is 0 Å². The van der Waals surface area contributed by atoms with Crippen molar-refractivity contribution in [1.82, 2.24) is 9.97 Å². The summed E-state index contributed by atoms with van der Waals surface area (Å²) in [6, 6.07) is 11.6. The molecule has 0 radical (unpaired) electrons. The summed E-state index contributed by atoms with van der Waals surface area (Å²) in [6.45, 7) is 3.80. The zero-order valence-electron chi connectivity index (χ0n) is 11.9. The Labute approximate surface area is 122 Å². The molecule has 0 aliphatic rings. The number of aromatic nitrogens is 2. The highest BCUT2D eigenvalue weighted by molar-refractivity contribution is 6.01. The lowest BCUT2D eigenvalue weighted by Crippen LogP contribution is -2.14. The van der Waals surface area contributed by atoms with E-state index in [0.717, 1.165) is 33.4 Å². The van der Waals surface area contributed by atoms with E-state index in [4.69, 9.17) is 5.73 Å². The standard InChI is InChI=1S/C17H15N3O/c1-10-14(9-12-5-3-4-6-15(12)20-10)16-11(2)19-8-7-13(16)17(18)21/h3-9H,1-2H3,(H2,18,21). The molecule has 3 rings (SSSR count). The monoisotopic (exact) mass is 277 g/mol. The number of nitrogens with two attached hydrogens (primary N) is 1. The zero-order chi connectivity index (χ0) is 15.0. The number of benzene rings is 1. The van der Waals surface area contributed by atoms with Gasteiger partial charge in [0.05, 0.1) is 11.1 Å². The molecule has 2 N–H and O–H groups in total. The fourth-order valence-electron chi connectivity index (χ4n) is 2.58. The fraction of sp³-hybridized carbons (Fsp3) is 0.118. The number of amides is 1. The summed E-state index contributed by atoms with van der Waals surface area (Å²) in [5.41, 5.74) is 10.2. The minimum absolute atomic E-state index is 0.456. The van der Waals surface area contributed by atoms with E-state index in [1.54, 1.807) is 12.3 Å². The number of carbonyl (C=O) groups is 1. The molecule has 1 aromatic carbocycles. The van der Waals surface area contributed by atoms with Crippen LogP contribution < -0.4 is 5.73 Å². The zero-order valence-corrected chi connectivity index (χ0v) is 11.9. The van der Waals surface area contributed by atoms with Crippen molar-refractivity contribution >= 4 is 16.8 Å². The molecule has 0 spiro atoms. The van der Waals surface area contributed by atoms with Gasteiger partial charge in [-0.05, 0) is 32.0 Å². The number of nitrogens with zero attached hydrogens (tertiary/aromatic N) is 2. The van der Waals surface area contributed by atoms with Gasteiger partial charge in [0, 0.05) is 34.1 Å². The molecule has 2 aromatic heterocycles. The van der Waals surface area contributed by atoms with Crippen molar-refractivity contribution in [2.45, 2.75) is 13.8 Å². The third kappa shape index (κ3) is 2.25. The molecule has 0 bridgehead atoms. The molecule has 4 nitrogen and oxygen atoms in total. The molecule has 1 amide bonds. The number of fused-ring (bicyclic) bond motifs is 1. The summed E-state index contributed by atoms with van der Waals surface area (Å²) in [7, 11) is 0. The number of para-hydroxylation sites is 1. The van der Waals surface area contributed by atoms with E-state index in [0.29, 0.717) is 5.56 Å². The number of hydrogen-bond donors (Lipinski definition) is 1.